The molecule has 3 rings (SSSR count). The van der Waals surface area contributed by atoms with Crippen molar-refractivity contribution in [3.05, 3.63) is 87.9 Å². The molecule has 0 radical (unpaired) electrons. The minimum Gasteiger partial charge on any atom is -0.481 e. The lowest BCUT2D eigenvalue weighted by molar-refractivity contribution is -0.136. The smallest absolute Gasteiger partial charge is 0.303 e. The molecule has 0 fully saturated rings. The second-order valence-electron chi connectivity index (χ2n) is 6.55. The molecule has 0 aliphatic rings. The summed E-state index contributed by atoms with van der Waals surface area (Å²) in [7, 11) is 0. The minimum atomic E-state index is -1.44. The third-order valence-corrected chi connectivity index (χ3v) is 5.51. The van der Waals surface area contributed by atoms with Crippen molar-refractivity contribution in [3.63, 3.8) is 0 Å². The fourth-order valence-electron chi connectivity index (χ4n) is 2.99. The van der Waals surface area contributed by atoms with E-state index in [2.05, 4.69) is 4.98 Å². The van der Waals surface area contributed by atoms with Gasteiger partial charge >= 0.3 is 5.97 Å². The molecule has 0 aliphatic carbocycles. The highest BCUT2D eigenvalue weighted by Gasteiger charge is 2.40. The van der Waals surface area contributed by atoms with Crippen LogP contribution in [0.1, 0.15) is 28.0 Å². The largest absolute Gasteiger partial charge is 0.481 e. The summed E-state index contributed by atoms with van der Waals surface area (Å²) in [6, 6.07) is 13.6. The summed E-state index contributed by atoms with van der Waals surface area (Å²) < 4.78 is 1.68. The number of carboxylic acid groups (broad SMARTS) is 1. The van der Waals surface area contributed by atoms with E-state index in [9.17, 15) is 9.59 Å². The summed E-state index contributed by atoms with van der Waals surface area (Å²) in [5.74, 6) is -1.27. The van der Waals surface area contributed by atoms with Crippen LogP contribution in [0.3, 0.4) is 0 Å². The fraction of sp³-hybridized carbons (Fsp3) is 0.190. The van der Waals surface area contributed by atoms with Gasteiger partial charge in [0.15, 0.2) is 10.7 Å². The second kappa shape index (κ2) is 8.99. The van der Waals surface area contributed by atoms with Gasteiger partial charge in [0.05, 0.1) is 30.0 Å². The van der Waals surface area contributed by atoms with Crippen molar-refractivity contribution in [2.24, 2.45) is 0 Å². The minimum absolute atomic E-state index is 0.0268. The number of carbonyl (C=O) groups is 2. The van der Waals surface area contributed by atoms with E-state index < -0.39 is 10.8 Å². The first-order chi connectivity index (χ1) is 13.8. The number of nitrogens with zero attached hydrogens (tertiary/aromatic N) is 2. The molecule has 150 valence electrons. The number of alkyl halides is 1. The van der Waals surface area contributed by atoms with E-state index in [-0.39, 0.29) is 29.3 Å². The Hall–Kier alpha value is -2.34. The number of hydrogen-bond donors (Lipinski definition) is 1. The summed E-state index contributed by atoms with van der Waals surface area (Å²) >= 11 is 19.2. The highest BCUT2D eigenvalue weighted by atomic mass is 35.5. The summed E-state index contributed by atoms with van der Waals surface area (Å²) in [5, 5.41) is 9.48. The Morgan fingerprint density at radius 2 is 1.83 bits per heavy atom. The van der Waals surface area contributed by atoms with Gasteiger partial charge < -0.3 is 9.67 Å². The molecule has 0 spiro atoms. The van der Waals surface area contributed by atoms with Crippen LogP contribution >= 0.6 is 34.8 Å². The van der Waals surface area contributed by atoms with E-state index in [0.717, 1.165) is 0 Å². The molecule has 1 unspecified atom stereocenters. The first-order valence-corrected chi connectivity index (χ1v) is 9.90. The third kappa shape index (κ3) is 4.99. The molecule has 8 heteroatoms. The van der Waals surface area contributed by atoms with Crippen molar-refractivity contribution in [2.75, 3.05) is 0 Å². The first kappa shape index (κ1) is 21.4. The van der Waals surface area contributed by atoms with E-state index in [4.69, 9.17) is 39.9 Å². The average molecular weight is 452 g/mol. The number of ketones is 1. The molecule has 29 heavy (non-hydrogen) atoms. The number of hydrogen-bond acceptors (Lipinski definition) is 3. The molecule has 5 nitrogen and oxygen atoms in total. The van der Waals surface area contributed by atoms with Gasteiger partial charge in [-0.1, -0.05) is 53.5 Å². The molecule has 0 amide bonds. The molecule has 0 aliphatic heterocycles. The molecule has 0 saturated heterocycles. The lowest BCUT2D eigenvalue weighted by Gasteiger charge is -2.27. The zero-order valence-electron chi connectivity index (χ0n) is 15.2. The number of halogens is 3. The Kier molecular flexibility index (Phi) is 6.63. The SMILES string of the molecule is O=C(O)CCc1cn(CC(Cl)(C(=O)c2ccc(Cl)cc2Cl)c2ccccc2)cn1. The van der Waals surface area contributed by atoms with E-state index in [1.807, 2.05) is 6.07 Å². The Balaban J connectivity index is 1.96. The molecule has 1 heterocycles. The lowest BCUT2D eigenvalue weighted by Crippen LogP contribution is -2.35. The molecule has 0 saturated carbocycles. The number of aromatic nitrogens is 2. The monoisotopic (exact) mass is 450 g/mol. The van der Waals surface area contributed by atoms with Gasteiger partial charge in [0.25, 0.3) is 0 Å². The highest BCUT2D eigenvalue weighted by Crippen LogP contribution is 2.37. The Morgan fingerprint density at radius 1 is 1.10 bits per heavy atom. The number of rotatable bonds is 8. The molecule has 3 aromatic rings. The second-order valence-corrected chi connectivity index (χ2v) is 8.04. The fourth-order valence-corrected chi connectivity index (χ4v) is 3.85. The molecule has 1 atom stereocenters. The number of carboxylic acids is 1. The number of imidazole rings is 1. The van der Waals surface area contributed by atoms with Crippen molar-refractivity contribution in [3.8, 4) is 0 Å². The molecular formula is C21H17Cl3N2O3. The van der Waals surface area contributed by atoms with Crippen molar-refractivity contribution in [2.45, 2.75) is 24.3 Å². The van der Waals surface area contributed by atoms with Gasteiger partial charge in [-0.3, -0.25) is 9.59 Å². The molecule has 0 bridgehead atoms. The van der Waals surface area contributed by atoms with Crippen molar-refractivity contribution in [1.82, 2.24) is 9.55 Å². The third-order valence-electron chi connectivity index (χ3n) is 4.45. The molecule has 1 aromatic heterocycles. The van der Waals surface area contributed by atoms with Crippen LogP contribution in [0.5, 0.6) is 0 Å². The lowest BCUT2D eigenvalue weighted by atomic mass is 9.89. The maximum atomic E-state index is 13.5. The summed E-state index contributed by atoms with van der Waals surface area (Å²) in [6.45, 7) is 0.0937. The van der Waals surface area contributed by atoms with Crippen molar-refractivity contribution >= 4 is 46.6 Å². The highest BCUT2D eigenvalue weighted by molar-refractivity contribution is 6.42. The van der Waals surface area contributed by atoms with E-state index >= 15 is 0 Å². The van der Waals surface area contributed by atoms with Gasteiger partial charge in [0, 0.05) is 23.2 Å². The average Bonchev–Trinajstić information content (AvgIpc) is 3.13. The topological polar surface area (TPSA) is 72.2 Å². The van der Waals surface area contributed by atoms with Crippen molar-refractivity contribution in [1.29, 1.82) is 0 Å². The van der Waals surface area contributed by atoms with Gasteiger partial charge in [-0.2, -0.15) is 0 Å². The number of aliphatic carboxylic acids is 1. The number of Topliss-reactive ketones (excluding diaryl/α,β-unsaturated/α-hetero) is 1. The summed E-state index contributed by atoms with van der Waals surface area (Å²) in [5.41, 5.74) is 1.48. The van der Waals surface area contributed by atoms with Crippen LogP contribution in [-0.2, 0) is 22.6 Å². The predicted octanol–water partition coefficient (Wildman–Crippen LogP) is 5.22. The summed E-state index contributed by atoms with van der Waals surface area (Å²) in [4.78, 5) is 27.0. The van der Waals surface area contributed by atoms with Crippen LogP contribution in [0, 0.1) is 0 Å². The number of benzene rings is 2. The van der Waals surface area contributed by atoms with Crippen LogP contribution in [-0.4, -0.2) is 26.4 Å². The molecule has 2 aromatic carbocycles. The van der Waals surface area contributed by atoms with Gasteiger partial charge in [-0.15, -0.1) is 11.6 Å². The summed E-state index contributed by atoms with van der Waals surface area (Å²) in [6.07, 6.45) is 3.49. The van der Waals surface area contributed by atoms with Crippen LogP contribution < -0.4 is 0 Å². The van der Waals surface area contributed by atoms with Crippen LogP contribution in [0.4, 0.5) is 0 Å². The standard InChI is InChI=1S/C21H17Cl3N2O3/c22-15-6-8-17(18(23)10-15)20(29)21(24,14-4-2-1-3-5-14)12-26-11-16(25-13-26)7-9-19(27)28/h1-6,8,10-11,13H,7,9,12H2,(H,27,28). The normalized spacial score (nSPS) is 13.1. The van der Waals surface area contributed by atoms with Crippen LogP contribution in [0.15, 0.2) is 61.1 Å². The number of aryl methyl sites for hydroxylation is 1. The Bertz CT molecular complexity index is 1040. The van der Waals surface area contributed by atoms with Gasteiger partial charge in [0.1, 0.15) is 0 Å². The van der Waals surface area contributed by atoms with Crippen LogP contribution in [0.25, 0.3) is 0 Å². The van der Waals surface area contributed by atoms with E-state index in [1.54, 1.807) is 47.2 Å². The van der Waals surface area contributed by atoms with Gasteiger partial charge in [-0.25, -0.2) is 4.98 Å². The number of carbonyl (C=O) groups excluding carboxylic acids is 1. The predicted molar refractivity (Wildman–Crippen MR) is 113 cm³/mol. The quantitative estimate of drug-likeness (QED) is 0.376. The van der Waals surface area contributed by atoms with Crippen molar-refractivity contribution < 1.29 is 14.7 Å². The zero-order chi connectivity index (χ0) is 21.0. The molecule has 1 N–H and O–H groups in total. The van der Waals surface area contributed by atoms with Gasteiger partial charge in [0.2, 0.25) is 0 Å². The first-order valence-electron chi connectivity index (χ1n) is 8.76. The maximum Gasteiger partial charge on any atom is 0.303 e. The molecular weight excluding hydrogens is 435 g/mol. The van der Waals surface area contributed by atoms with E-state index in [1.165, 1.54) is 12.4 Å². The van der Waals surface area contributed by atoms with E-state index in [0.29, 0.717) is 22.7 Å². The zero-order valence-corrected chi connectivity index (χ0v) is 17.5. The Labute approximate surface area is 182 Å². The maximum absolute atomic E-state index is 13.5. The van der Waals surface area contributed by atoms with Crippen LogP contribution in [0.2, 0.25) is 10.0 Å². The van der Waals surface area contributed by atoms with Gasteiger partial charge in [-0.05, 0) is 23.8 Å². The Morgan fingerprint density at radius 3 is 2.48 bits per heavy atom.